The third-order valence-electron chi connectivity index (χ3n) is 2.12. The Kier molecular flexibility index (Phi) is 9.37. The molecule has 0 fully saturated rings. The van der Waals surface area contributed by atoms with E-state index >= 15 is 0 Å². The SMILES string of the molecule is C#CCOCCP(=O)(CCOCC#C)COC(F)(F)F. The van der Waals surface area contributed by atoms with E-state index in [1.807, 2.05) is 0 Å². The lowest BCUT2D eigenvalue weighted by Crippen LogP contribution is -2.18. The van der Waals surface area contributed by atoms with Crippen LogP contribution in [0, 0.1) is 24.7 Å². The van der Waals surface area contributed by atoms with Crippen molar-refractivity contribution in [2.24, 2.45) is 0 Å². The zero-order chi connectivity index (χ0) is 15.5. The molecular formula is C12H16F3O4P. The third kappa shape index (κ3) is 10.9. The van der Waals surface area contributed by atoms with E-state index in [0.717, 1.165) is 0 Å². The molecule has 0 aliphatic rings. The van der Waals surface area contributed by atoms with Crippen LogP contribution < -0.4 is 0 Å². The Bertz CT molecular complexity index is 369. The van der Waals surface area contributed by atoms with Gasteiger partial charge in [-0.1, -0.05) is 11.8 Å². The molecule has 0 heterocycles. The first-order chi connectivity index (χ1) is 9.33. The van der Waals surface area contributed by atoms with Crippen molar-refractivity contribution in [2.45, 2.75) is 6.36 Å². The summed E-state index contributed by atoms with van der Waals surface area (Å²) >= 11 is 0. The summed E-state index contributed by atoms with van der Waals surface area (Å²) in [5.41, 5.74) is 0. The van der Waals surface area contributed by atoms with Gasteiger partial charge in [0.15, 0.2) is 0 Å². The van der Waals surface area contributed by atoms with Crippen LogP contribution in [0.4, 0.5) is 13.2 Å². The first kappa shape index (κ1) is 19.0. The third-order valence-corrected chi connectivity index (χ3v) is 4.72. The minimum atomic E-state index is -4.82. The van der Waals surface area contributed by atoms with Gasteiger partial charge >= 0.3 is 6.36 Å². The molecule has 0 aromatic carbocycles. The number of terminal acetylenes is 2. The highest BCUT2D eigenvalue weighted by molar-refractivity contribution is 7.63. The van der Waals surface area contributed by atoms with Gasteiger partial charge in [-0.25, -0.2) is 0 Å². The Morgan fingerprint density at radius 2 is 1.45 bits per heavy atom. The highest BCUT2D eigenvalue weighted by Gasteiger charge is 2.34. The quantitative estimate of drug-likeness (QED) is 0.352. The molecule has 0 saturated carbocycles. The molecule has 0 aromatic heterocycles. The average Bonchev–Trinajstić information content (AvgIpc) is 2.37. The van der Waals surface area contributed by atoms with Crippen molar-refractivity contribution in [3.05, 3.63) is 0 Å². The Morgan fingerprint density at radius 3 is 1.80 bits per heavy atom. The summed E-state index contributed by atoms with van der Waals surface area (Å²) in [6.07, 6.45) is 4.04. The molecule has 0 amide bonds. The van der Waals surface area contributed by atoms with Gasteiger partial charge in [-0.3, -0.25) is 4.74 Å². The van der Waals surface area contributed by atoms with E-state index in [2.05, 4.69) is 16.6 Å². The zero-order valence-electron chi connectivity index (χ0n) is 10.8. The number of ether oxygens (including phenoxy) is 3. The van der Waals surface area contributed by atoms with Crippen LogP contribution in [-0.2, 0) is 18.8 Å². The molecule has 0 radical (unpaired) electrons. The molecule has 8 heteroatoms. The van der Waals surface area contributed by atoms with E-state index in [-0.39, 0.29) is 38.8 Å². The van der Waals surface area contributed by atoms with E-state index in [1.54, 1.807) is 0 Å². The summed E-state index contributed by atoms with van der Waals surface area (Å²) in [7, 11) is -3.23. The second-order valence-corrected chi connectivity index (χ2v) is 7.01. The van der Waals surface area contributed by atoms with E-state index in [9.17, 15) is 17.7 Å². The fourth-order valence-electron chi connectivity index (χ4n) is 1.16. The molecule has 0 N–H and O–H groups in total. The van der Waals surface area contributed by atoms with Gasteiger partial charge in [0.1, 0.15) is 26.7 Å². The number of halogens is 3. The monoisotopic (exact) mass is 312 g/mol. The lowest BCUT2D eigenvalue weighted by atomic mass is 10.7. The van der Waals surface area contributed by atoms with Gasteiger partial charge in [0.05, 0.1) is 13.2 Å². The fraction of sp³-hybridized carbons (Fsp3) is 0.667. The van der Waals surface area contributed by atoms with Crippen molar-refractivity contribution in [2.75, 3.05) is 45.1 Å². The molecule has 0 atom stereocenters. The van der Waals surface area contributed by atoms with Gasteiger partial charge in [-0.2, -0.15) is 0 Å². The normalized spacial score (nSPS) is 11.8. The van der Waals surface area contributed by atoms with Crippen LogP contribution in [0.15, 0.2) is 0 Å². The Balaban J connectivity index is 4.32. The van der Waals surface area contributed by atoms with Crippen LogP contribution in [0.2, 0.25) is 0 Å². The van der Waals surface area contributed by atoms with E-state index in [1.165, 1.54) is 0 Å². The van der Waals surface area contributed by atoms with Crippen molar-refractivity contribution in [3.8, 4) is 24.7 Å². The number of alkyl halides is 3. The van der Waals surface area contributed by atoms with Gasteiger partial charge in [0, 0.05) is 12.3 Å². The number of rotatable bonds is 10. The molecule has 0 rings (SSSR count). The summed E-state index contributed by atoms with van der Waals surface area (Å²) < 4.78 is 61.8. The van der Waals surface area contributed by atoms with Gasteiger partial charge in [-0.15, -0.1) is 26.0 Å². The number of hydrogen-bond acceptors (Lipinski definition) is 4. The summed E-state index contributed by atoms with van der Waals surface area (Å²) in [4.78, 5) is 0. The zero-order valence-corrected chi connectivity index (χ0v) is 11.7. The highest BCUT2D eigenvalue weighted by Crippen LogP contribution is 2.46. The van der Waals surface area contributed by atoms with Gasteiger partial charge in [0.25, 0.3) is 0 Å². The predicted octanol–water partition coefficient (Wildman–Crippen LogP) is 2.14. The van der Waals surface area contributed by atoms with Crippen molar-refractivity contribution < 1.29 is 31.9 Å². The van der Waals surface area contributed by atoms with Crippen LogP contribution in [0.3, 0.4) is 0 Å². The van der Waals surface area contributed by atoms with Crippen LogP contribution in [-0.4, -0.2) is 51.5 Å². The molecule has 0 aromatic rings. The minimum absolute atomic E-state index is 0.00215. The maximum Gasteiger partial charge on any atom is 0.522 e. The maximum atomic E-state index is 12.3. The topological polar surface area (TPSA) is 44.8 Å². The maximum absolute atomic E-state index is 12.3. The lowest BCUT2D eigenvalue weighted by molar-refractivity contribution is -0.316. The number of hydrogen-bond donors (Lipinski definition) is 0. The first-order valence-electron chi connectivity index (χ1n) is 5.63. The standard InChI is InChI=1S/C12H16F3O4P/c1-3-5-17-7-9-20(16,10-8-18-6-4-2)11-19-12(13,14)15/h1-2H,5-11H2. The summed E-state index contributed by atoms with van der Waals surface area (Å²) in [6.45, 7) is 0.0110. The Labute approximate surface area is 116 Å². The van der Waals surface area contributed by atoms with Gasteiger partial charge < -0.3 is 14.0 Å². The molecule has 114 valence electrons. The summed E-state index contributed by atoms with van der Waals surface area (Å²) in [6, 6.07) is 0. The molecule has 20 heavy (non-hydrogen) atoms. The van der Waals surface area contributed by atoms with Crippen LogP contribution >= 0.6 is 7.14 Å². The van der Waals surface area contributed by atoms with Crippen molar-refractivity contribution in [1.29, 1.82) is 0 Å². The van der Waals surface area contributed by atoms with E-state index in [4.69, 9.17) is 22.3 Å². The molecule has 0 bridgehead atoms. The first-order valence-corrected chi connectivity index (χ1v) is 7.89. The van der Waals surface area contributed by atoms with Crippen molar-refractivity contribution in [3.63, 3.8) is 0 Å². The summed E-state index contributed by atoms with van der Waals surface area (Å²) in [5, 5.41) is 0. The Hall–Kier alpha value is -0.980. The summed E-state index contributed by atoms with van der Waals surface area (Å²) in [5.74, 6) is 4.40. The minimum Gasteiger partial charge on any atom is -0.368 e. The smallest absolute Gasteiger partial charge is 0.368 e. The van der Waals surface area contributed by atoms with Crippen LogP contribution in [0.1, 0.15) is 0 Å². The highest BCUT2D eigenvalue weighted by atomic mass is 31.2. The van der Waals surface area contributed by atoms with E-state index in [0.29, 0.717) is 0 Å². The Morgan fingerprint density at radius 1 is 1.00 bits per heavy atom. The molecule has 0 aliphatic carbocycles. The molecule has 0 unspecified atom stereocenters. The van der Waals surface area contributed by atoms with Crippen LogP contribution in [0.25, 0.3) is 0 Å². The van der Waals surface area contributed by atoms with E-state index < -0.39 is 19.9 Å². The second-order valence-electron chi connectivity index (χ2n) is 3.74. The second kappa shape index (κ2) is 9.85. The van der Waals surface area contributed by atoms with Crippen molar-refractivity contribution in [1.82, 2.24) is 0 Å². The molecule has 0 aliphatic heterocycles. The molecule has 0 saturated heterocycles. The van der Waals surface area contributed by atoms with Crippen molar-refractivity contribution >= 4 is 7.14 Å². The fourth-order valence-corrected chi connectivity index (χ4v) is 2.94. The van der Waals surface area contributed by atoms with Gasteiger partial charge in [0.2, 0.25) is 0 Å². The lowest BCUT2D eigenvalue weighted by Gasteiger charge is -2.19. The van der Waals surface area contributed by atoms with Gasteiger partial charge in [-0.05, 0) is 0 Å². The predicted molar refractivity (Wildman–Crippen MR) is 68.7 cm³/mol. The molecule has 0 spiro atoms. The molecule has 4 nitrogen and oxygen atoms in total. The van der Waals surface area contributed by atoms with Crippen LogP contribution in [0.5, 0.6) is 0 Å². The largest absolute Gasteiger partial charge is 0.522 e. The average molecular weight is 312 g/mol. The molecular weight excluding hydrogens is 296 g/mol.